The van der Waals surface area contributed by atoms with E-state index in [0.29, 0.717) is 13.1 Å². The maximum absolute atomic E-state index is 12.2. The fourth-order valence-electron chi connectivity index (χ4n) is 2.73. The predicted molar refractivity (Wildman–Crippen MR) is 105 cm³/mol. The van der Waals surface area contributed by atoms with Crippen LogP contribution in [0.3, 0.4) is 0 Å². The van der Waals surface area contributed by atoms with E-state index in [1.54, 1.807) is 19.1 Å². The summed E-state index contributed by atoms with van der Waals surface area (Å²) in [6.07, 6.45) is 0.922. The van der Waals surface area contributed by atoms with Gasteiger partial charge in [0, 0.05) is 26.7 Å². The van der Waals surface area contributed by atoms with E-state index in [0.717, 1.165) is 30.8 Å². The molecule has 5 nitrogen and oxygen atoms in total. The van der Waals surface area contributed by atoms with E-state index in [-0.39, 0.29) is 6.03 Å². The SMILES string of the molecule is COc1ccc(CN(C)C(=O)NCCCN(C)Cc2ccccc2)cc1. The molecule has 0 aliphatic carbocycles. The zero-order valence-corrected chi connectivity index (χ0v) is 15.9. The molecule has 5 heteroatoms. The Balaban J connectivity index is 1.64. The summed E-state index contributed by atoms with van der Waals surface area (Å²) in [5.74, 6) is 0.820. The fourth-order valence-corrected chi connectivity index (χ4v) is 2.73. The summed E-state index contributed by atoms with van der Waals surface area (Å²) < 4.78 is 5.15. The van der Waals surface area contributed by atoms with Crippen molar-refractivity contribution in [2.24, 2.45) is 0 Å². The lowest BCUT2D eigenvalue weighted by molar-refractivity contribution is 0.206. The first kappa shape index (κ1) is 19.8. The van der Waals surface area contributed by atoms with Gasteiger partial charge in [-0.1, -0.05) is 42.5 Å². The monoisotopic (exact) mass is 355 g/mol. The Hall–Kier alpha value is -2.53. The van der Waals surface area contributed by atoms with Crippen molar-refractivity contribution < 1.29 is 9.53 Å². The number of hydrogen-bond donors (Lipinski definition) is 1. The molecule has 26 heavy (non-hydrogen) atoms. The van der Waals surface area contributed by atoms with Crippen LogP contribution < -0.4 is 10.1 Å². The molecule has 0 aliphatic heterocycles. The third-order valence-electron chi connectivity index (χ3n) is 4.21. The van der Waals surface area contributed by atoms with Crippen molar-refractivity contribution in [3.05, 3.63) is 65.7 Å². The van der Waals surface area contributed by atoms with Crippen LogP contribution in [0.4, 0.5) is 4.79 Å². The van der Waals surface area contributed by atoms with E-state index >= 15 is 0 Å². The minimum absolute atomic E-state index is 0.0495. The molecule has 0 atom stereocenters. The molecule has 0 unspecified atom stereocenters. The number of amides is 2. The summed E-state index contributed by atoms with van der Waals surface area (Å²) in [6.45, 7) is 3.11. The number of benzene rings is 2. The fraction of sp³-hybridized carbons (Fsp3) is 0.381. The van der Waals surface area contributed by atoms with Crippen LogP contribution >= 0.6 is 0 Å². The van der Waals surface area contributed by atoms with Gasteiger partial charge in [0.05, 0.1) is 7.11 Å². The molecule has 0 fully saturated rings. The van der Waals surface area contributed by atoms with Crippen LogP contribution in [0.2, 0.25) is 0 Å². The molecule has 0 radical (unpaired) electrons. The first-order chi connectivity index (χ1) is 12.6. The van der Waals surface area contributed by atoms with Gasteiger partial charge in [-0.2, -0.15) is 0 Å². The lowest BCUT2D eigenvalue weighted by Crippen LogP contribution is -2.38. The minimum atomic E-state index is -0.0495. The van der Waals surface area contributed by atoms with Gasteiger partial charge >= 0.3 is 6.03 Å². The molecular weight excluding hydrogens is 326 g/mol. The maximum Gasteiger partial charge on any atom is 0.317 e. The highest BCUT2D eigenvalue weighted by Crippen LogP contribution is 2.12. The van der Waals surface area contributed by atoms with Gasteiger partial charge in [-0.25, -0.2) is 4.79 Å². The Bertz CT molecular complexity index is 659. The first-order valence-corrected chi connectivity index (χ1v) is 8.93. The highest BCUT2D eigenvalue weighted by atomic mass is 16.5. The van der Waals surface area contributed by atoms with E-state index in [1.165, 1.54) is 5.56 Å². The van der Waals surface area contributed by atoms with Crippen LogP contribution in [0.25, 0.3) is 0 Å². The average molecular weight is 355 g/mol. The van der Waals surface area contributed by atoms with Gasteiger partial charge in [-0.05, 0) is 43.3 Å². The highest BCUT2D eigenvalue weighted by Gasteiger charge is 2.08. The van der Waals surface area contributed by atoms with Crippen molar-refractivity contribution in [3.63, 3.8) is 0 Å². The first-order valence-electron chi connectivity index (χ1n) is 8.93. The molecule has 2 aromatic carbocycles. The molecule has 0 saturated carbocycles. The molecule has 2 amide bonds. The van der Waals surface area contributed by atoms with Gasteiger partial charge in [0.2, 0.25) is 0 Å². The number of ether oxygens (including phenoxy) is 1. The number of urea groups is 1. The van der Waals surface area contributed by atoms with Gasteiger partial charge in [-0.3, -0.25) is 0 Å². The molecule has 0 aromatic heterocycles. The summed E-state index contributed by atoms with van der Waals surface area (Å²) in [7, 11) is 5.55. The van der Waals surface area contributed by atoms with Gasteiger partial charge in [0.25, 0.3) is 0 Å². The molecule has 1 N–H and O–H groups in total. The van der Waals surface area contributed by atoms with Crippen molar-refractivity contribution >= 4 is 6.03 Å². The van der Waals surface area contributed by atoms with Crippen molar-refractivity contribution in [2.75, 3.05) is 34.3 Å². The Morgan fingerprint density at radius 3 is 2.27 bits per heavy atom. The summed E-state index contributed by atoms with van der Waals surface area (Å²) >= 11 is 0. The highest BCUT2D eigenvalue weighted by molar-refractivity contribution is 5.73. The predicted octanol–water partition coefficient (Wildman–Crippen LogP) is 3.36. The number of nitrogens with one attached hydrogen (secondary N) is 1. The standard InChI is InChI=1S/C21H29N3O2/c1-23(16-18-8-5-4-6-9-18)15-7-14-22-21(25)24(2)17-19-10-12-20(26-3)13-11-19/h4-6,8-13H,7,14-17H2,1-3H3,(H,22,25). The molecule has 2 aromatic rings. The Kier molecular flexibility index (Phi) is 7.96. The minimum Gasteiger partial charge on any atom is -0.497 e. The van der Waals surface area contributed by atoms with Gasteiger partial charge in [0.1, 0.15) is 5.75 Å². The molecule has 0 heterocycles. The van der Waals surface area contributed by atoms with E-state index in [1.807, 2.05) is 30.3 Å². The number of nitrogens with zero attached hydrogens (tertiary/aromatic N) is 2. The lowest BCUT2D eigenvalue weighted by atomic mass is 10.2. The van der Waals surface area contributed by atoms with Gasteiger partial charge in [-0.15, -0.1) is 0 Å². The summed E-state index contributed by atoms with van der Waals surface area (Å²) in [6, 6.07) is 18.1. The maximum atomic E-state index is 12.2. The topological polar surface area (TPSA) is 44.8 Å². The Morgan fingerprint density at radius 1 is 0.962 bits per heavy atom. The van der Waals surface area contributed by atoms with Crippen LogP contribution in [0.1, 0.15) is 17.5 Å². The number of rotatable bonds is 9. The summed E-state index contributed by atoms with van der Waals surface area (Å²) in [5.41, 5.74) is 2.38. The summed E-state index contributed by atoms with van der Waals surface area (Å²) in [4.78, 5) is 16.1. The van der Waals surface area contributed by atoms with Crippen molar-refractivity contribution in [1.82, 2.24) is 15.1 Å². The Morgan fingerprint density at radius 2 is 1.62 bits per heavy atom. The normalized spacial score (nSPS) is 10.6. The molecule has 0 bridgehead atoms. The van der Waals surface area contributed by atoms with Gasteiger partial charge in [0.15, 0.2) is 0 Å². The molecule has 2 rings (SSSR count). The largest absolute Gasteiger partial charge is 0.497 e. The second kappa shape index (κ2) is 10.5. The third kappa shape index (κ3) is 6.76. The van der Waals surface area contributed by atoms with Crippen LogP contribution in [0.5, 0.6) is 5.75 Å². The van der Waals surface area contributed by atoms with E-state index in [2.05, 4.69) is 41.5 Å². The molecule has 0 aliphatic rings. The average Bonchev–Trinajstić information content (AvgIpc) is 2.66. The van der Waals surface area contributed by atoms with Crippen molar-refractivity contribution in [2.45, 2.75) is 19.5 Å². The van der Waals surface area contributed by atoms with Gasteiger partial charge < -0.3 is 19.9 Å². The molecular formula is C21H29N3O2. The summed E-state index contributed by atoms with van der Waals surface area (Å²) in [5, 5.41) is 2.98. The number of carbonyl (C=O) groups is 1. The number of methoxy groups -OCH3 is 1. The van der Waals surface area contributed by atoms with E-state index in [4.69, 9.17) is 4.74 Å². The van der Waals surface area contributed by atoms with Crippen LogP contribution in [0, 0.1) is 0 Å². The second-order valence-electron chi connectivity index (χ2n) is 6.51. The van der Waals surface area contributed by atoms with Crippen LogP contribution in [-0.2, 0) is 13.1 Å². The zero-order valence-electron chi connectivity index (χ0n) is 15.9. The molecule has 0 spiro atoms. The van der Waals surface area contributed by atoms with Crippen molar-refractivity contribution in [3.8, 4) is 5.75 Å². The van der Waals surface area contributed by atoms with E-state index < -0.39 is 0 Å². The third-order valence-corrected chi connectivity index (χ3v) is 4.21. The lowest BCUT2D eigenvalue weighted by Gasteiger charge is -2.20. The molecule has 140 valence electrons. The smallest absolute Gasteiger partial charge is 0.317 e. The number of carbonyl (C=O) groups excluding carboxylic acids is 1. The number of hydrogen-bond acceptors (Lipinski definition) is 3. The quantitative estimate of drug-likeness (QED) is 0.702. The Labute approximate surface area is 156 Å². The second-order valence-corrected chi connectivity index (χ2v) is 6.51. The van der Waals surface area contributed by atoms with Crippen LogP contribution in [-0.4, -0.2) is 50.1 Å². The van der Waals surface area contributed by atoms with Crippen molar-refractivity contribution in [1.29, 1.82) is 0 Å². The zero-order chi connectivity index (χ0) is 18.8. The van der Waals surface area contributed by atoms with E-state index in [9.17, 15) is 4.79 Å². The van der Waals surface area contributed by atoms with Crippen LogP contribution in [0.15, 0.2) is 54.6 Å². The molecule has 0 saturated heterocycles.